The first-order valence-corrected chi connectivity index (χ1v) is 6.20. The Hall–Kier alpha value is -0.860. The monoisotopic (exact) mass is 236 g/mol. The van der Waals surface area contributed by atoms with Crippen LogP contribution in [0.25, 0.3) is 0 Å². The van der Waals surface area contributed by atoms with Gasteiger partial charge in [0.25, 0.3) is 0 Å². The zero-order chi connectivity index (χ0) is 12.9. The molecule has 0 bridgehead atoms. The zero-order valence-electron chi connectivity index (χ0n) is 11.4. The molecule has 1 atom stereocenters. The minimum absolute atomic E-state index is 0.202. The molecular weight excluding hydrogens is 212 g/mol. The Morgan fingerprint density at radius 3 is 2.24 bits per heavy atom. The van der Waals surface area contributed by atoms with Crippen molar-refractivity contribution in [2.75, 3.05) is 13.7 Å². The van der Waals surface area contributed by atoms with E-state index in [2.05, 4.69) is 45.0 Å². The number of rotatable bonds is 5. The van der Waals surface area contributed by atoms with E-state index < -0.39 is 0 Å². The fourth-order valence-corrected chi connectivity index (χ4v) is 1.78. The highest BCUT2D eigenvalue weighted by Crippen LogP contribution is 2.22. The molecule has 1 aromatic carbocycles. The molecule has 2 heteroatoms. The Labute approximate surface area is 105 Å². The SMILES string of the molecule is COCC(O)CCc1ccc(C(C)(C)C)cc1. The summed E-state index contributed by atoms with van der Waals surface area (Å²) < 4.78 is 4.91. The quantitative estimate of drug-likeness (QED) is 0.851. The van der Waals surface area contributed by atoms with Crippen LogP contribution < -0.4 is 0 Å². The van der Waals surface area contributed by atoms with Crippen molar-refractivity contribution in [2.45, 2.75) is 45.1 Å². The number of aliphatic hydroxyl groups excluding tert-OH is 1. The molecular formula is C15H24O2. The molecule has 1 rings (SSSR count). The summed E-state index contributed by atoms with van der Waals surface area (Å²) in [4.78, 5) is 0. The van der Waals surface area contributed by atoms with Gasteiger partial charge in [0.05, 0.1) is 12.7 Å². The first-order chi connectivity index (χ1) is 7.93. The van der Waals surface area contributed by atoms with Gasteiger partial charge in [-0.2, -0.15) is 0 Å². The molecule has 1 aromatic rings. The molecule has 17 heavy (non-hydrogen) atoms. The number of hydrogen-bond acceptors (Lipinski definition) is 2. The predicted octanol–water partition coefficient (Wildman–Crippen LogP) is 2.92. The van der Waals surface area contributed by atoms with E-state index in [9.17, 15) is 5.11 Å². The second-order valence-electron chi connectivity index (χ2n) is 5.59. The lowest BCUT2D eigenvalue weighted by molar-refractivity contribution is 0.0595. The van der Waals surface area contributed by atoms with E-state index in [1.165, 1.54) is 11.1 Å². The van der Waals surface area contributed by atoms with Crippen LogP contribution in [-0.4, -0.2) is 24.9 Å². The maximum absolute atomic E-state index is 9.57. The minimum atomic E-state index is -0.359. The standard InChI is InChI=1S/C15H24O2/c1-15(2,3)13-8-5-12(6-9-13)7-10-14(16)11-17-4/h5-6,8-9,14,16H,7,10-11H2,1-4H3. The molecule has 1 N–H and O–H groups in total. The van der Waals surface area contributed by atoms with Gasteiger partial charge in [0, 0.05) is 7.11 Å². The van der Waals surface area contributed by atoms with Crippen LogP contribution in [0, 0.1) is 0 Å². The van der Waals surface area contributed by atoms with Crippen molar-refractivity contribution in [3.05, 3.63) is 35.4 Å². The first-order valence-electron chi connectivity index (χ1n) is 6.20. The molecule has 0 radical (unpaired) electrons. The maximum atomic E-state index is 9.57. The number of aliphatic hydroxyl groups is 1. The van der Waals surface area contributed by atoms with E-state index in [4.69, 9.17) is 4.74 Å². The highest BCUT2D eigenvalue weighted by molar-refractivity contribution is 5.27. The molecule has 96 valence electrons. The maximum Gasteiger partial charge on any atom is 0.0776 e. The summed E-state index contributed by atoms with van der Waals surface area (Å²) in [7, 11) is 1.61. The van der Waals surface area contributed by atoms with E-state index in [0.717, 1.165) is 12.8 Å². The third-order valence-corrected chi connectivity index (χ3v) is 2.95. The van der Waals surface area contributed by atoms with E-state index in [1.54, 1.807) is 7.11 Å². The number of ether oxygens (including phenoxy) is 1. The van der Waals surface area contributed by atoms with E-state index in [0.29, 0.717) is 6.61 Å². The Morgan fingerprint density at radius 1 is 1.18 bits per heavy atom. The van der Waals surface area contributed by atoms with Crippen molar-refractivity contribution in [2.24, 2.45) is 0 Å². The highest BCUT2D eigenvalue weighted by Gasteiger charge is 2.12. The summed E-state index contributed by atoms with van der Waals surface area (Å²) in [6, 6.07) is 8.66. The molecule has 0 aliphatic carbocycles. The van der Waals surface area contributed by atoms with Gasteiger partial charge >= 0.3 is 0 Å². The third-order valence-electron chi connectivity index (χ3n) is 2.95. The summed E-state index contributed by atoms with van der Waals surface area (Å²) in [5.41, 5.74) is 2.82. The minimum Gasteiger partial charge on any atom is -0.391 e. The van der Waals surface area contributed by atoms with Crippen LogP contribution in [0.3, 0.4) is 0 Å². The Balaban J connectivity index is 2.51. The molecule has 0 aliphatic rings. The van der Waals surface area contributed by atoms with Crippen LogP contribution in [-0.2, 0) is 16.6 Å². The molecule has 0 saturated carbocycles. The highest BCUT2D eigenvalue weighted by atomic mass is 16.5. The van der Waals surface area contributed by atoms with Crippen LogP contribution in [0.4, 0.5) is 0 Å². The van der Waals surface area contributed by atoms with Gasteiger partial charge < -0.3 is 9.84 Å². The van der Waals surface area contributed by atoms with E-state index in [1.807, 2.05) is 0 Å². The second-order valence-corrected chi connectivity index (χ2v) is 5.59. The van der Waals surface area contributed by atoms with Crippen LogP contribution in [0.2, 0.25) is 0 Å². The van der Waals surface area contributed by atoms with E-state index in [-0.39, 0.29) is 11.5 Å². The van der Waals surface area contributed by atoms with Gasteiger partial charge in [-0.1, -0.05) is 45.0 Å². The summed E-state index contributed by atoms with van der Waals surface area (Å²) >= 11 is 0. The third kappa shape index (κ3) is 4.88. The van der Waals surface area contributed by atoms with Crippen molar-refractivity contribution in [3.8, 4) is 0 Å². The van der Waals surface area contributed by atoms with Crippen LogP contribution in [0.5, 0.6) is 0 Å². The molecule has 2 nitrogen and oxygen atoms in total. The van der Waals surface area contributed by atoms with Crippen molar-refractivity contribution in [1.82, 2.24) is 0 Å². The molecule has 0 fully saturated rings. The number of benzene rings is 1. The van der Waals surface area contributed by atoms with Crippen molar-refractivity contribution in [1.29, 1.82) is 0 Å². The molecule has 0 heterocycles. The molecule has 0 amide bonds. The van der Waals surface area contributed by atoms with Crippen molar-refractivity contribution in [3.63, 3.8) is 0 Å². The largest absolute Gasteiger partial charge is 0.391 e. The molecule has 0 saturated heterocycles. The lowest BCUT2D eigenvalue weighted by Gasteiger charge is -2.19. The van der Waals surface area contributed by atoms with Crippen LogP contribution >= 0.6 is 0 Å². The van der Waals surface area contributed by atoms with Crippen molar-refractivity contribution >= 4 is 0 Å². The predicted molar refractivity (Wildman–Crippen MR) is 71.3 cm³/mol. The zero-order valence-corrected chi connectivity index (χ0v) is 11.4. The number of aryl methyl sites for hydroxylation is 1. The number of methoxy groups -OCH3 is 1. The van der Waals surface area contributed by atoms with Crippen LogP contribution in [0.15, 0.2) is 24.3 Å². The van der Waals surface area contributed by atoms with Gasteiger partial charge in [0.1, 0.15) is 0 Å². The first kappa shape index (κ1) is 14.2. The van der Waals surface area contributed by atoms with Crippen molar-refractivity contribution < 1.29 is 9.84 Å². The van der Waals surface area contributed by atoms with Gasteiger partial charge in [-0.3, -0.25) is 0 Å². The van der Waals surface area contributed by atoms with Gasteiger partial charge in [-0.05, 0) is 29.4 Å². The Morgan fingerprint density at radius 2 is 1.76 bits per heavy atom. The average molecular weight is 236 g/mol. The lowest BCUT2D eigenvalue weighted by atomic mass is 9.86. The average Bonchev–Trinajstić information content (AvgIpc) is 2.26. The summed E-state index contributed by atoms with van der Waals surface area (Å²) in [6.45, 7) is 7.05. The summed E-state index contributed by atoms with van der Waals surface area (Å²) in [5, 5.41) is 9.57. The van der Waals surface area contributed by atoms with Gasteiger partial charge in [0.2, 0.25) is 0 Å². The van der Waals surface area contributed by atoms with Gasteiger partial charge in [-0.25, -0.2) is 0 Å². The molecule has 0 spiro atoms. The van der Waals surface area contributed by atoms with Gasteiger partial charge in [-0.15, -0.1) is 0 Å². The smallest absolute Gasteiger partial charge is 0.0776 e. The Kier molecular flexibility index (Phi) is 5.16. The summed E-state index contributed by atoms with van der Waals surface area (Å²) in [6.07, 6.45) is 1.29. The Bertz CT molecular complexity index is 322. The van der Waals surface area contributed by atoms with Gasteiger partial charge in [0.15, 0.2) is 0 Å². The normalized spacial score (nSPS) is 13.7. The van der Waals surface area contributed by atoms with E-state index >= 15 is 0 Å². The second kappa shape index (κ2) is 6.18. The lowest BCUT2D eigenvalue weighted by Crippen LogP contribution is -2.15. The molecule has 0 aromatic heterocycles. The number of hydrogen-bond donors (Lipinski definition) is 1. The summed E-state index contributed by atoms with van der Waals surface area (Å²) in [5.74, 6) is 0. The molecule has 1 unspecified atom stereocenters. The topological polar surface area (TPSA) is 29.5 Å². The van der Waals surface area contributed by atoms with Crippen LogP contribution in [0.1, 0.15) is 38.3 Å². The molecule has 0 aliphatic heterocycles. The fourth-order valence-electron chi connectivity index (χ4n) is 1.78. The fraction of sp³-hybridized carbons (Fsp3) is 0.600.